The summed E-state index contributed by atoms with van der Waals surface area (Å²) in [6.07, 6.45) is 2.52. The van der Waals surface area contributed by atoms with Gasteiger partial charge >= 0.3 is 0 Å². The van der Waals surface area contributed by atoms with Gasteiger partial charge in [-0.25, -0.2) is 0 Å². The molecular weight excluding hydrogens is 254 g/mol. The topological polar surface area (TPSA) is 56.2 Å². The van der Waals surface area contributed by atoms with Gasteiger partial charge in [-0.3, -0.25) is 9.48 Å². The van der Waals surface area contributed by atoms with Crippen LogP contribution in [0.25, 0.3) is 0 Å². The number of amides is 1. The summed E-state index contributed by atoms with van der Waals surface area (Å²) in [6.45, 7) is 9.32. The molecule has 1 fully saturated rings. The molecule has 0 aromatic carbocycles. The van der Waals surface area contributed by atoms with E-state index in [0.717, 1.165) is 38.3 Å². The highest BCUT2D eigenvalue weighted by atomic mass is 16.5. The number of ether oxygens (including phenoxy) is 1. The van der Waals surface area contributed by atoms with Crippen molar-refractivity contribution in [1.29, 1.82) is 0 Å². The number of hydrogen-bond donors (Lipinski definition) is 1. The lowest BCUT2D eigenvalue weighted by molar-refractivity contribution is -0.122. The first-order chi connectivity index (χ1) is 9.58. The van der Waals surface area contributed by atoms with E-state index < -0.39 is 0 Å². The minimum Gasteiger partial charge on any atom is -0.381 e. The van der Waals surface area contributed by atoms with Gasteiger partial charge in [0.2, 0.25) is 5.91 Å². The van der Waals surface area contributed by atoms with E-state index in [1.54, 1.807) is 0 Å². The van der Waals surface area contributed by atoms with Crippen LogP contribution in [0.1, 0.15) is 36.2 Å². The highest BCUT2D eigenvalue weighted by Crippen LogP contribution is 2.15. The van der Waals surface area contributed by atoms with Crippen molar-refractivity contribution in [3.8, 4) is 0 Å². The fourth-order valence-corrected chi connectivity index (χ4v) is 2.54. The monoisotopic (exact) mass is 279 g/mol. The normalized spacial score (nSPS) is 18.4. The van der Waals surface area contributed by atoms with Gasteiger partial charge in [-0.2, -0.15) is 5.10 Å². The smallest absolute Gasteiger partial charge is 0.220 e. The van der Waals surface area contributed by atoms with Crippen LogP contribution < -0.4 is 5.32 Å². The molecular formula is C15H25N3O2. The molecule has 5 heteroatoms. The Kier molecular flexibility index (Phi) is 5.17. The zero-order chi connectivity index (χ0) is 14.5. The van der Waals surface area contributed by atoms with Crippen molar-refractivity contribution in [2.75, 3.05) is 19.8 Å². The lowest BCUT2D eigenvalue weighted by Crippen LogP contribution is -2.27. The van der Waals surface area contributed by atoms with Crippen molar-refractivity contribution >= 4 is 5.91 Å². The molecule has 1 aliphatic rings. The Morgan fingerprint density at radius 2 is 2.25 bits per heavy atom. The molecule has 0 spiro atoms. The maximum Gasteiger partial charge on any atom is 0.220 e. The Hall–Kier alpha value is -1.36. The van der Waals surface area contributed by atoms with Gasteiger partial charge < -0.3 is 10.1 Å². The van der Waals surface area contributed by atoms with E-state index in [1.807, 2.05) is 11.6 Å². The van der Waals surface area contributed by atoms with Crippen molar-refractivity contribution in [2.45, 2.75) is 46.6 Å². The zero-order valence-corrected chi connectivity index (χ0v) is 12.7. The van der Waals surface area contributed by atoms with Crippen molar-refractivity contribution in [1.82, 2.24) is 15.1 Å². The fourth-order valence-electron chi connectivity index (χ4n) is 2.54. The Balaban J connectivity index is 1.65. The second-order valence-electron chi connectivity index (χ2n) is 5.66. The second kappa shape index (κ2) is 6.88. The van der Waals surface area contributed by atoms with E-state index >= 15 is 0 Å². The van der Waals surface area contributed by atoms with Crippen molar-refractivity contribution in [3.05, 3.63) is 17.0 Å². The van der Waals surface area contributed by atoms with Gasteiger partial charge in [0.1, 0.15) is 0 Å². The molecule has 5 nitrogen and oxygen atoms in total. The van der Waals surface area contributed by atoms with Gasteiger partial charge in [0.05, 0.1) is 5.69 Å². The van der Waals surface area contributed by atoms with Gasteiger partial charge in [0.25, 0.3) is 0 Å². The highest BCUT2D eigenvalue weighted by molar-refractivity contribution is 5.76. The third-order valence-corrected chi connectivity index (χ3v) is 4.11. The van der Waals surface area contributed by atoms with Crippen LogP contribution in [0.15, 0.2) is 0 Å². The molecule has 1 aromatic rings. The molecule has 0 saturated carbocycles. The Morgan fingerprint density at radius 3 is 2.85 bits per heavy atom. The summed E-state index contributed by atoms with van der Waals surface area (Å²) in [5, 5.41) is 7.48. The van der Waals surface area contributed by atoms with E-state index in [1.165, 1.54) is 11.3 Å². The van der Waals surface area contributed by atoms with Crippen LogP contribution in [0.2, 0.25) is 0 Å². The molecule has 1 aromatic heterocycles. The van der Waals surface area contributed by atoms with Crippen LogP contribution in [0, 0.1) is 26.7 Å². The SMILES string of the molecule is Cc1nn(CCCNC(=O)C[C@H]2CCOC2)c(C)c1C. The molecule has 2 heterocycles. The largest absolute Gasteiger partial charge is 0.381 e. The minimum atomic E-state index is 0.144. The molecule has 1 N–H and O–H groups in total. The summed E-state index contributed by atoms with van der Waals surface area (Å²) < 4.78 is 7.31. The van der Waals surface area contributed by atoms with Crippen LogP contribution in [0.3, 0.4) is 0 Å². The maximum atomic E-state index is 11.7. The molecule has 0 unspecified atom stereocenters. The van der Waals surface area contributed by atoms with Gasteiger partial charge in [0, 0.05) is 38.4 Å². The van der Waals surface area contributed by atoms with Gasteiger partial charge in [-0.05, 0) is 45.1 Å². The first-order valence-corrected chi connectivity index (χ1v) is 7.43. The van der Waals surface area contributed by atoms with E-state index in [9.17, 15) is 4.79 Å². The number of nitrogens with one attached hydrogen (secondary N) is 1. The van der Waals surface area contributed by atoms with E-state index in [4.69, 9.17) is 4.74 Å². The summed E-state index contributed by atoms with van der Waals surface area (Å²) in [7, 11) is 0. The Bertz CT molecular complexity index is 462. The number of aryl methyl sites for hydroxylation is 2. The molecule has 0 bridgehead atoms. The minimum absolute atomic E-state index is 0.144. The quantitative estimate of drug-likeness (QED) is 0.807. The molecule has 1 atom stereocenters. The van der Waals surface area contributed by atoms with Crippen molar-refractivity contribution < 1.29 is 9.53 Å². The van der Waals surface area contributed by atoms with Crippen molar-refractivity contribution in [3.63, 3.8) is 0 Å². The second-order valence-corrected chi connectivity index (χ2v) is 5.66. The Labute approximate surface area is 120 Å². The predicted molar refractivity (Wildman–Crippen MR) is 77.6 cm³/mol. The third kappa shape index (κ3) is 3.82. The molecule has 112 valence electrons. The molecule has 0 aliphatic carbocycles. The predicted octanol–water partition coefficient (Wildman–Crippen LogP) is 1.74. The number of carbonyl (C=O) groups is 1. The number of aromatic nitrogens is 2. The molecule has 1 saturated heterocycles. The summed E-state index contributed by atoms with van der Waals surface area (Å²) in [5.74, 6) is 0.554. The number of nitrogens with zero attached hydrogens (tertiary/aromatic N) is 2. The molecule has 0 radical (unpaired) electrons. The van der Waals surface area contributed by atoms with Crippen LogP contribution >= 0.6 is 0 Å². The molecule has 2 rings (SSSR count). The van der Waals surface area contributed by atoms with Gasteiger partial charge in [0.15, 0.2) is 0 Å². The molecule has 1 amide bonds. The first-order valence-electron chi connectivity index (χ1n) is 7.43. The number of carbonyl (C=O) groups excluding carboxylic acids is 1. The molecule has 1 aliphatic heterocycles. The van der Waals surface area contributed by atoms with Gasteiger partial charge in [-0.15, -0.1) is 0 Å². The molecule has 20 heavy (non-hydrogen) atoms. The van der Waals surface area contributed by atoms with Crippen LogP contribution in [0.4, 0.5) is 0 Å². The summed E-state index contributed by atoms with van der Waals surface area (Å²) in [4.78, 5) is 11.7. The van der Waals surface area contributed by atoms with Crippen LogP contribution in [-0.4, -0.2) is 35.4 Å². The van der Waals surface area contributed by atoms with Crippen LogP contribution in [-0.2, 0) is 16.1 Å². The van der Waals surface area contributed by atoms with Crippen molar-refractivity contribution in [2.24, 2.45) is 5.92 Å². The standard InChI is InChI=1S/C15H25N3O2/c1-11-12(2)17-18(13(11)3)7-4-6-16-15(19)9-14-5-8-20-10-14/h14H,4-10H2,1-3H3,(H,16,19)/t14-/m1/s1. The zero-order valence-electron chi connectivity index (χ0n) is 12.7. The summed E-state index contributed by atoms with van der Waals surface area (Å²) >= 11 is 0. The lowest BCUT2D eigenvalue weighted by Gasteiger charge is -2.09. The summed E-state index contributed by atoms with van der Waals surface area (Å²) in [6, 6.07) is 0. The average Bonchev–Trinajstić information content (AvgIpc) is 3.00. The third-order valence-electron chi connectivity index (χ3n) is 4.11. The Morgan fingerprint density at radius 1 is 1.45 bits per heavy atom. The van der Waals surface area contributed by atoms with Crippen LogP contribution in [0.5, 0.6) is 0 Å². The van der Waals surface area contributed by atoms with E-state index in [0.29, 0.717) is 18.9 Å². The van der Waals surface area contributed by atoms with Gasteiger partial charge in [-0.1, -0.05) is 0 Å². The summed E-state index contributed by atoms with van der Waals surface area (Å²) in [5.41, 5.74) is 3.57. The maximum absolute atomic E-state index is 11.7. The number of rotatable bonds is 6. The van der Waals surface area contributed by atoms with E-state index in [-0.39, 0.29) is 5.91 Å². The lowest BCUT2D eigenvalue weighted by atomic mass is 10.1. The average molecular weight is 279 g/mol. The highest BCUT2D eigenvalue weighted by Gasteiger charge is 2.18. The fraction of sp³-hybridized carbons (Fsp3) is 0.733. The first kappa shape index (κ1) is 15.0. The van der Waals surface area contributed by atoms with E-state index in [2.05, 4.69) is 24.3 Å². The number of hydrogen-bond acceptors (Lipinski definition) is 3.